The van der Waals surface area contributed by atoms with Crippen molar-refractivity contribution in [2.45, 2.75) is 20.8 Å². The van der Waals surface area contributed by atoms with Crippen molar-refractivity contribution in [3.63, 3.8) is 0 Å². The van der Waals surface area contributed by atoms with E-state index < -0.39 is 12.0 Å². The van der Waals surface area contributed by atoms with E-state index in [0.717, 1.165) is 16.9 Å². The Hall–Kier alpha value is -3.79. The minimum absolute atomic E-state index is 0.290. The average molecular weight is 486 g/mol. The molecule has 0 spiro atoms. The van der Waals surface area contributed by atoms with Crippen LogP contribution in [0.5, 0.6) is 17.2 Å². The number of aromatic nitrogens is 1. The summed E-state index contributed by atoms with van der Waals surface area (Å²) in [6.45, 7) is 6.77. The summed E-state index contributed by atoms with van der Waals surface area (Å²) in [4.78, 5) is 29.4. The molecule has 0 saturated heterocycles. The van der Waals surface area contributed by atoms with Crippen LogP contribution in [0, 0.1) is 0 Å². The molecule has 1 aromatic heterocycles. The first-order valence-corrected chi connectivity index (χ1v) is 11.6. The first-order chi connectivity index (χ1) is 16.5. The van der Waals surface area contributed by atoms with E-state index >= 15 is 0 Å². The van der Waals surface area contributed by atoms with Gasteiger partial charge in [-0.25, -0.2) is 9.78 Å². The molecule has 2 N–H and O–H groups in total. The van der Waals surface area contributed by atoms with E-state index in [4.69, 9.17) is 14.2 Å². The van der Waals surface area contributed by atoms with Gasteiger partial charge < -0.3 is 24.3 Å². The summed E-state index contributed by atoms with van der Waals surface area (Å²) in [6, 6.07) is 12.6. The van der Waals surface area contributed by atoms with Crippen LogP contribution >= 0.6 is 11.3 Å². The molecule has 0 saturated carbocycles. The van der Waals surface area contributed by atoms with Gasteiger partial charge in [-0.05, 0) is 32.9 Å². The zero-order valence-corrected chi connectivity index (χ0v) is 20.3. The van der Waals surface area contributed by atoms with Gasteiger partial charge in [0, 0.05) is 11.1 Å². The standard InChI is InChI=1S/C24H27N3O6S/c1-5-31-17-13-16(14-18(32-6-2)20(17)33-7-3)21(28)26-22-19(15-11-9-8-10-12-15)25-23(34-22)27-24(29)30-4/h8-14H,5-7H2,1-4H3,(H,26,28)(H,25,27,29). The van der Waals surface area contributed by atoms with Crippen LogP contribution in [-0.2, 0) is 4.74 Å². The van der Waals surface area contributed by atoms with E-state index in [1.807, 2.05) is 51.1 Å². The van der Waals surface area contributed by atoms with Gasteiger partial charge in [0.25, 0.3) is 5.91 Å². The highest BCUT2D eigenvalue weighted by atomic mass is 32.1. The number of carbonyl (C=O) groups is 2. The molecule has 1 heterocycles. The molecule has 34 heavy (non-hydrogen) atoms. The Balaban J connectivity index is 1.99. The van der Waals surface area contributed by atoms with E-state index in [2.05, 4.69) is 20.4 Å². The highest BCUT2D eigenvalue weighted by Gasteiger charge is 2.21. The third kappa shape index (κ3) is 5.96. The number of anilines is 2. The Labute approximate surface area is 202 Å². The lowest BCUT2D eigenvalue weighted by Crippen LogP contribution is -2.13. The van der Waals surface area contributed by atoms with Crippen molar-refractivity contribution in [3.05, 3.63) is 48.0 Å². The Morgan fingerprint density at radius 1 is 0.912 bits per heavy atom. The second-order valence-electron chi connectivity index (χ2n) is 6.73. The number of nitrogens with one attached hydrogen (secondary N) is 2. The normalized spacial score (nSPS) is 10.4. The van der Waals surface area contributed by atoms with Crippen LogP contribution in [0.2, 0.25) is 0 Å². The molecule has 10 heteroatoms. The van der Waals surface area contributed by atoms with Crippen LogP contribution in [-0.4, -0.2) is 43.9 Å². The zero-order valence-electron chi connectivity index (χ0n) is 19.5. The monoisotopic (exact) mass is 485 g/mol. The van der Waals surface area contributed by atoms with E-state index in [-0.39, 0.29) is 5.13 Å². The molecule has 9 nitrogen and oxygen atoms in total. The Morgan fingerprint density at radius 3 is 2.09 bits per heavy atom. The molecule has 2 aromatic carbocycles. The molecule has 0 aliphatic heterocycles. The van der Waals surface area contributed by atoms with Crippen molar-refractivity contribution in [2.75, 3.05) is 37.6 Å². The molecule has 3 aromatic rings. The number of benzene rings is 2. The van der Waals surface area contributed by atoms with Gasteiger partial charge in [0.05, 0.1) is 26.9 Å². The third-order valence-electron chi connectivity index (χ3n) is 4.47. The summed E-state index contributed by atoms with van der Waals surface area (Å²) < 4.78 is 21.8. The lowest BCUT2D eigenvalue weighted by molar-refractivity contribution is 0.102. The topological polar surface area (TPSA) is 108 Å². The van der Waals surface area contributed by atoms with E-state index in [1.54, 1.807) is 12.1 Å². The van der Waals surface area contributed by atoms with Crippen molar-refractivity contribution < 1.29 is 28.5 Å². The van der Waals surface area contributed by atoms with Gasteiger partial charge in [0.1, 0.15) is 10.7 Å². The molecule has 0 radical (unpaired) electrons. The van der Waals surface area contributed by atoms with Crippen LogP contribution in [0.25, 0.3) is 11.3 Å². The second-order valence-corrected chi connectivity index (χ2v) is 7.73. The largest absolute Gasteiger partial charge is 0.490 e. The van der Waals surface area contributed by atoms with Gasteiger partial charge in [-0.1, -0.05) is 41.7 Å². The minimum Gasteiger partial charge on any atom is -0.490 e. The number of hydrogen-bond acceptors (Lipinski definition) is 8. The second kappa shape index (κ2) is 11.9. The predicted octanol–water partition coefficient (Wildman–Crippen LogP) is 5.44. The maximum absolute atomic E-state index is 13.3. The van der Waals surface area contributed by atoms with Crippen molar-refractivity contribution in [1.29, 1.82) is 0 Å². The number of methoxy groups -OCH3 is 1. The third-order valence-corrected chi connectivity index (χ3v) is 5.35. The van der Waals surface area contributed by atoms with Crippen LogP contribution in [0.1, 0.15) is 31.1 Å². The van der Waals surface area contributed by atoms with Gasteiger partial charge in [-0.15, -0.1) is 0 Å². The van der Waals surface area contributed by atoms with Crippen molar-refractivity contribution in [2.24, 2.45) is 0 Å². The summed E-state index contributed by atoms with van der Waals surface area (Å²) in [5.74, 6) is 0.896. The lowest BCUT2D eigenvalue weighted by atomic mass is 10.1. The van der Waals surface area contributed by atoms with Crippen LogP contribution in [0.15, 0.2) is 42.5 Å². The fraction of sp³-hybridized carbons (Fsp3) is 0.292. The quantitative estimate of drug-likeness (QED) is 0.394. The molecular weight excluding hydrogens is 458 g/mol. The number of hydrogen-bond donors (Lipinski definition) is 2. The SMILES string of the molecule is CCOc1cc(C(=O)Nc2sc(NC(=O)OC)nc2-c2ccccc2)cc(OCC)c1OCC. The molecule has 0 aliphatic rings. The minimum atomic E-state index is -0.652. The van der Waals surface area contributed by atoms with Gasteiger partial charge in [0.15, 0.2) is 16.6 Å². The smallest absolute Gasteiger partial charge is 0.413 e. The van der Waals surface area contributed by atoms with Crippen molar-refractivity contribution in [1.82, 2.24) is 4.98 Å². The fourth-order valence-corrected chi connectivity index (χ4v) is 3.95. The van der Waals surface area contributed by atoms with Crippen molar-refractivity contribution in [3.8, 4) is 28.5 Å². The van der Waals surface area contributed by atoms with Crippen LogP contribution in [0.3, 0.4) is 0 Å². The van der Waals surface area contributed by atoms with Crippen LogP contribution in [0.4, 0.5) is 14.9 Å². The summed E-state index contributed by atoms with van der Waals surface area (Å²) in [5, 5.41) is 6.20. The van der Waals surface area contributed by atoms with Gasteiger partial charge in [-0.3, -0.25) is 10.1 Å². The first kappa shape index (κ1) is 24.8. The maximum Gasteiger partial charge on any atom is 0.413 e. The maximum atomic E-state index is 13.3. The number of thiazole rings is 1. The molecule has 3 rings (SSSR count). The summed E-state index contributed by atoms with van der Waals surface area (Å²) >= 11 is 1.12. The van der Waals surface area contributed by atoms with E-state index in [0.29, 0.717) is 53.3 Å². The number of amides is 2. The molecule has 180 valence electrons. The number of nitrogens with zero attached hydrogens (tertiary/aromatic N) is 1. The molecule has 0 unspecified atom stereocenters. The molecule has 0 bridgehead atoms. The lowest BCUT2D eigenvalue weighted by Gasteiger charge is -2.17. The fourth-order valence-electron chi connectivity index (χ4n) is 3.08. The Kier molecular flexibility index (Phi) is 8.69. The van der Waals surface area contributed by atoms with E-state index in [9.17, 15) is 9.59 Å². The van der Waals surface area contributed by atoms with Crippen molar-refractivity contribution >= 4 is 33.5 Å². The number of carbonyl (C=O) groups excluding carboxylic acids is 2. The predicted molar refractivity (Wildman–Crippen MR) is 131 cm³/mol. The van der Waals surface area contributed by atoms with Gasteiger partial charge in [0.2, 0.25) is 5.75 Å². The molecule has 0 aliphatic carbocycles. The average Bonchev–Trinajstić information content (AvgIpc) is 3.23. The summed E-state index contributed by atoms with van der Waals surface area (Å²) in [5.41, 5.74) is 1.63. The summed E-state index contributed by atoms with van der Waals surface area (Å²) in [6.07, 6.45) is -0.652. The molecule has 0 atom stereocenters. The van der Waals surface area contributed by atoms with Gasteiger partial charge in [-0.2, -0.15) is 0 Å². The van der Waals surface area contributed by atoms with Gasteiger partial charge >= 0.3 is 6.09 Å². The highest BCUT2D eigenvalue weighted by molar-refractivity contribution is 7.20. The highest BCUT2D eigenvalue weighted by Crippen LogP contribution is 2.40. The number of ether oxygens (including phenoxy) is 4. The zero-order chi connectivity index (χ0) is 24.5. The Bertz CT molecular complexity index is 1110. The first-order valence-electron chi connectivity index (χ1n) is 10.8. The molecular formula is C24H27N3O6S. The number of rotatable bonds is 10. The van der Waals surface area contributed by atoms with E-state index in [1.165, 1.54) is 7.11 Å². The molecule has 2 amide bonds. The Morgan fingerprint density at radius 2 is 1.53 bits per heavy atom. The van der Waals surface area contributed by atoms with Crippen LogP contribution < -0.4 is 24.8 Å². The molecule has 0 fully saturated rings. The summed E-state index contributed by atoms with van der Waals surface area (Å²) in [7, 11) is 1.27.